The van der Waals surface area contributed by atoms with E-state index in [0.29, 0.717) is 6.54 Å². The molecule has 0 heterocycles. The maximum Gasteiger partial charge on any atom is 0.317 e. The summed E-state index contributed by atoms with van der Waals surface area (Å²) in [6.07, 6.45) is 9.09. The molecule has 1 aromatic rings. The predicted octanol–water partition coefficient (Wildman–Crippen LogP) is 4.43. The third kappa shape index (κ3) is 5.45. The molecule has 1 saturated carbocycles. The first-order valence-electron chi connectivity index (χ1n) is 9.03. The van der Waals surface area contributed by atoms with Crippen molar-refractivity contribution in [3.63, 3.8) is 0 Å². The van der Waals surface area contributed by atoms with E-state index in [0.717, 1.165) is 44.2 Å². The van der Waals surface area contributed by atoms with E-state index in [1.165, 1.54) is 19.3 Å². The number of hydrogen-bond donors (Lipinski definition) is 2. The molecule has 2 N–H and O–H groups in total. The number of phenolic OH excluding ortho intramolecular Hbond substituents is 1. The van der Waals surface area contributed by atoms with Gasteiger partial charge in [-0.15, -0.1) is 0 Å². The van der Waals surface area contributed by atoms with Crippen LogP contribution in [0.25, 0.3) is 0 Å². The average Bonchev–Trinajstić information content (AvgIpc) is 2.58. The third-order valence-corrected chi connectivity index (χ3v) is 4.67. The number of phenols is 1. The van der Waals surface area contributed by atoms with Crippen molar-refractivity contribution in [2.75, 3.05) is 6.54 Å². The minimum Gasteiger partial charge on any atom is -0.508 e. The molecule has 0 radical (unpaired) electrons. The molecular weight excluding hydrogens is 288 g/mol. The van der Waals surface area contributed by atoms with E-state index in [-0.39, 0.29) is 17.8 Å². The molecule has 0 unspecified atom stereocenters. The molecule has 0 spiro atoms. The molecule has 4 heteroatoms. The monoisotopic (exact) mass is 318 g/mol. The van der Waals surface area contributed by atoms with Gasteiger partial charge in [0.15, 0.2) is 0 Å². The molecule has 1 aliphatic rings. The number of para-hydroxylation sites is 1. The first-order valence-corrected chi connectivity index (χ1v) is 9.03. The highest BCUT2D eigenvalue weighted by molar-refractivity contribution is 5.74. The molecular formula is C19H30N2O2. The largest absolute Gasteiger partial charge is 0.508 e. The lowest BCUT2D eigenvalue weighted by molar-refractivity contribution is 0.150. The Morgan fingerprint density at radius 1 is 1.22 bits per heavy atom. The molecule has 4 nitrogen and oxygen atoms in total. The van der Waals surface area contributed by atoms with E-state index in [1.807, 2.05) is 23.1 Å². The van der Waals surface area contributed by atoms with E-state index in [2.05, 4.69) is 12.2 Å². The Morgan fingerprint density at radius 2 is 1.96 bits per heavy atom. The highest BCUT2D eigenvalue weighted by Gasteiger charge is 2.26. The van der Waals surface area contributed by atoms with Crippen molar-refractivity contribution in [2.45, 2.75) is 70.9 Å². The van der Waals surface area contributed by atoms with Gasteiger partial charge in [0.2, 0.25) is 0 Å². The molecule has 0 aromatic heterocycles. The SMILES string of the molecule is CCCCCNC(=O)N(Cc1ccccc1O)C1CCCCC1. The minimum atomic E-state index is 0.0104. The maximum atomic E-state index is 12.7. The van der Waals surface area contributed by atoms with Crippen LogP contribution in [0.4, 0.5) is 4.79 Å². The van der Waals surface area contributed by atoms with E-state index in [1.54, 1.807) is 6.07 Å². The van der Waals surface area contributed by atoms with Crippen molar-refractivity contribution in [1.82, 2.24) is 10.2 Å². The summed E-state index contributed by atoms with van der Waals surface area (Å²) in [6, 6.07) is 7.61. The number of nitrogens with zero attached hydrogens (tertiary/aromatic N) is 1. The van der Waals surface area contributed by atoms with Crippen LogP contribution in [0.15, 0.2) is 24.3 Å². The van der Waals surface area contributed by atoms with Crippen LogP contribution < -0.4 is 5.32 Å². The molecule has 1 aliphatic carbocycles. The van der Waals surface area contributed by atoms with E-state index in [4.69, 9.17) is 0 Å². The first kappa shape index (κ1) is 17.6. The van der Waals surface area contributed by atoms with Crippen LogP contribution in [-0.2, 0) is 6.54 Å². The average molecular weight is 318 g/mol. The molecule has 128 valence electrons. The smallest absolute Gasteiger partial charge is 0.317 e. The number of amides is 2. The van der Waals surface area contributed by atoms with Crippen LogP contribution in [0.2, 0.25) is 0 Å². The fourth-order valence-corrected chi connectivity index (χ4v) is 3.26. The van der Waals surface area contributed by atoms with Crippen molar-refractivity contribution in [2.24, 2.45) is 0 Å². The number of unbranched alkanes of at least 4 members (excludes halogenated alkanes) is 2. The van der Waals surface area contributed by atoms with Gasteiger partial charge in [0.1, 0.15) is 5.75 Å². The van der Waals surface area contributed by atoms with Gasteiger partial charge < -0.3 is 15.3 Å². The van der Waals surface area contributed by atoms with Gasteiger partial charge in [-0.25, -0.2) is 4.79 Å². The van der Waals surface area contributed by atoms with Crippen LogP contribution in [0.1, 0.15) is 63.9 Å². The Hall–Kier alpha value is -1.71. The van der Waals surface area contributed by atoms with Gasteiger partial charge in [-0.2, -0.15) is 0 Å². The topological polar surface area (TPSA) is 52.6 Å². The lowest BCUT2D eigenvalue weighted by Gasteiger charge is -2.34. The molecule has 0 saturated heterocycles. The zero-order valence-corrected chi connectivity index (χ0v) is 14.3. The number of aromatic hydroxyl groups is 1. The summed E-state index contributed by atoms with van der Waals surface area (Å²) in [4.78, 5) is 14.6. The second-order valence-electron chi connectivity index (χ2n) is 6.49. The Labute approximate surface area is 139 Å². The van der Waals surface area contributed by atoms with Gasteiger partial charge in [-0.3, -0.25) is 0 Å². The Morgan fingerprint density at radius 3 is 2.65 bits per heavy atom. The third-order valence-electron chi connectivity index (χ3n) is 4.67. The molecule has 1 aromatic carbocycles. The second kappa shape index (κ2) is 9.43. The van der Waals surface area contributed by atoms with Crippen LogP contribution in [0.3, 0.4) is 0 Å². The summed E-state index contributed by atoms with van der Waals surface area (Å²) in [5, 5.41) is 13.1. The van der Waals surface area contributed by atoms with Crippen molar-refractivity contribution in [3.05, 3.63) is 29.8 Å². The molecule has 0 atom stereocenters. The van der Waals surface area contributed by atoms with Gasteiger partial charge in [0.05, 0.1) is 6.54 Å². The van der Waals surface area contributed by atoms with E-state index < -0.39 is 0 Å². The highest BCUT2D eigenvalue weighted by atomic mass is 16.3. The number of hydrogen-bond acceptors (Lipinski definition) is 2. The Bertz CT molecular complexity index is 484. The first-order chi connectivity index (χ1) is 11.2. The van der Waals surface area contributed by atoms with Gasteiger partial charge in [-0.1, -0.05) is 57.2 Å². The van der Waals surface area contributed by atoms with Crippen molar-refractivity contribution < 1.29 is 9.90 Å². The maximum absolute atomic E-state index is 12.7. The zero-order valence-electron chi connectivity index (χ0n) is 14.3. The van der Waals surface area contributed by atoms with Crippen LogP contribution >= 0.6 is 0 Å². The normalized spacial score (nSPS) is 15.3. The number of carbonyl (C=O) groups excluding carboxylic acids is 1. The summed E-state index contributed by atoms with van der Waals surface area (Å²) >= 11 is 0. The fraction of sp³-hybridized carbons (Fsp3) is 0.632. The standard InChI is InChI=1S/C19H30N2O2/c1-2-3-9-14-20-19(23)21(17-11-5-4-6-12-17)15-16-10-7-8-13-18(16)22/h7-8,10,13,17,22H,2-6,9,11-12,14-15H2,1H3,(H,20,23). The van der Waals surface area contributed by atoms with Gasteiger partial charge >= 0.3 is 6.03 Å². The lowest BCUT2D eigenvalue weighted by atomic mass is 9.94. The molecule has 23 heavy (non-hydrogen) atoms. The number of nitrogens with one attached hydrogen (secondary N) is 1. The van der Waals surface area contributed by atoms with E-state index >= 15 is 0 Å². The Kier molecular flexibility index (Phi) is 7.24. The summed E-state index contributed by atoms with van der Waals surface area (Å²) in [5.74, 6) is 0.270. The summed E-state index contributed by atoms with van der Waals surface area (Å²) < 4.78 is 0. The van der Waals surface area contributed by atoms with Gasteiger partial charge in [-0.05, 0) is 25.3 Å². The fourth-order valence-electron chi connectivity index (χ4n) is 3.26. The second-order valence-corrected chi connectivity index (χ2v) is 6.49. The Balaban J connectivity index is 2.02. The van der Waals surface area contributed by atoms with E-state index in [9.17, 15) is 9.90 Å². The van der Waals surface area contributed by atoms with Gasteiger partial charge in [0, 0.05) is 18.2 Å². The van der Waals surface area contributed by atoms with Gasteiger partial charge in [0.25, 0.3) is 0 Å². The molecule has 0 aliphatic heterocycles. The number of rotatable bonds is 7. The molecule has 2 amide bonds. The van der Waals surface area contributed by atoms with Crippen molar-refractivity contribution in [3.8, 4) is 5.75 Å². The lowest BCUT2D eigenvalue weighted by Crippen LogP contribution is -2.46. The number of benzene rings is 1. The van der Waals surface area contributed by atoms with Crippen LogP contribution in [-0.4, -0.2) is 28.6 Å². The summed E-state index contributed by atoms with van der Waals surface area (Å²) in [7, 11) is 0. The zero-order chi connectivity index (χ0) is 16.5. The summed E-state index contributed by atoms with van der Waals surface area (Å²) in [5.41, 5.74) is 0.821. The van der Waals surface area contributed by atoms with Crippen molar-refractivity contribution in [1.29, 1.82) is 0 Å². The van der Waals surface area contributed by atoms with Crippen molar-refractivity contribution >= 4 is 6.03 Å². The number of carbonyl (C=O) groups is 1. The molecule has 0 bridgehead atoms. The quantitative estimate of drug-likeness (QED) is 0.731. The van der Waals surface area contributed by atoms with Crippen LogP contribution in [0, 0.1) is 0 Å². The highest BCUT2D eigenvalue weighted by Crippen LogP contribution is 2.26. The molecule has 2 rings (SSSR count). The minimum absolute atomic E-state index is 0.0104. The summed E-state index contributed by atoms with van der Waals surface area (Å²) in [6.45, 7) is 3.38. The predicted molar refractivity (Wildman–Crippen MR) is 93.4 cm³/mol. The number of urea groups is 1. The molecule has 1 fully saturated rings. The van der Waals surface area contributed by atoms with Crippen LogP contribution in [0.5, 0.6) is 5.75 Å².